The summed E-state index contributed by atoms with van der Waals surface area (Å²) >= 11 is 0. The summed E-state index contributed by atoms with van der Waals surface area (Å²) in [6.07, 6.45) is 1.07. The van der Waals surface area contributed by atoms with Crippen molar-refractivity contribution in [3.8, 4) is 11.5 Å². The number of carbonyl (C=O) groups is 3. The SMILES string of the molecule is COc1cc(/C=C2\C(=O)NC(=O)N(c3cc(C)cc(C)c3)C2=O)c([N+](=O)[O-])cc1OCc1ccccc1. The predicted molar refractivity (Wildman–Crippen MR) is 135 cm³/mol. The maximum Gasteiger partial charge on any atom is 0.335 e. The first-order chi connectivity index (χ1) is 17.7. The number of nitrogens with one attached hydrogen (secondary N) is 1. The van der Waals surface area contributed by atoms with Gasteiger partial charge < -0.3 is 9.47 Å². The number of barbiturate groups is 1. The molecule has 3 aromatic rings. The van der Waals surface area contributed by atoms with Gasteiger partial charge in [-0.2, -0.15) is 0 Å². The number of benzene rings is 3. The monoisotopic (exact) mass is 501 g/mol. The van der Waals surface area contributed by atoms with Crippen molar-refractivity contribution < 1.29 is 28.8 Å². The molecule has 4 amide bonds. The maximum absolute atomic E-state index is 13.3. The number of nitro benzene ring substituents is 1. The maximum atomic E-state index is 13.3. The van der Waals surface area contributed by atoms with Crippen LogP contribution in [0.15, 0.2) is 66.2 Å². The van der Waals surface area contributed by atoms with Crippen LogP contribution in [0.2, 0.25) is 0 Å². The fourth-order valence-electron chi connectivity index (χ4n) is 3.97. The first kappa shape index (κ1) is 25.1. The second kappa shape index (κ2) is 10.3. The van der Waals surface area contributed by atoms with E-state index in [1.807, 2.05) is 50.2 Å². The van der Waals surface area contributed by atoms with Gasteiger partial charge in [-0.25, -0.2) is 9.69 Å². The van der Waals surface area contributed by atoms with E-state index >= 15 is 0 Å². The molecule has 1 aliphatic heterocycles. The Morgan fingerprint density at radius 3 is 2.27 bits per heavy atom. The second-order valence-electron chi connectivity index (χ2n) is 8.40. The van der Waals surface area contributed by atoms with Gasteiger partial charge in [0.1, 0.15) is 12.2 Å². The number of hydrogen-bond acceptors (Lipinski definition) is 7. The summed E-state index contributed by atoms with van der Waals surface area (Å²) in [5, 5.41) is 14.0. The normalized spacial score (nSPS) is 14.5. The molecule has 10 nitrogen and oxygen atoms in total. The molecular weight excluding hydrogens is 478 g/mol. The van der Waals surface area contributed by atoms with Crippen LogP contribution in [0.3, 0.4) is 0 Å². The van der Waals surface area contributed by atoms with Gasteiger partial charge in [0.05, 0.1) is 29.4 Å². The van der Waals surface area contributed by atoms with Crippen molar-refractivity contribution in [3.05, 3.63) is 98.6 Å². The van der Waals surface area contributed by atoms with Crippen LogP contribution >= 0.6 is 0 Å². The van der Waals surface area contributed by atoms with Crippen LogP contribution in [-0.2, 0) is 16.2 Å². The number of carbonyl (C=O) groups excluding carboxylic acids is 3. The first-order valence-corrected chi connectivity index (χ1v) is 11.2. The van der Waals surface area contributed by atoms with Crippen LogP contribution in [0, 0.1) is 24.0 Å². The molecule has 0 aliphatic carbocycles. The number of rotatable bonds is 7. The van der Waals surface area contributed by atoms with E-state index in [1.54, 1.807) is 12.1 Å². The summed E-state index contributed by atoms with van der Waals surface area (Å²) in [6.45, 7) is 3.76. The molecule has 10 heteroatoms. The highest BCUT2D eigenvalue weighted by atomic mass is 16.6. The number of imide groups is 2. The zero-order valence-electron chi connectivity index (χ0n) is 20.3. The third kappa shape index (κ3) is 5.32. The standard InChI is InChI=1S/C27H23N3O7/c1-16-9-17(2)11-20(10-16)29-26(32)21(25(31)28-27(29)33)12-19-13-23(36-3)24(14-22(19)30(34)35)37-15-18-7-5-4-6-8-18/h4-14H,15H2,1-3H3,(H,28,31,33)/b21-12+. The topological polar surface area (TPSA) is 128 Å². The average molecular weight is 501 g/mol. The summed E-state index contributed by atoms with van der Waals surface area (Å²) < 4.78 is 11.1. The molecule has 0 saturated carbocycles. The van der Waals surface area contributed by atoms with Crippen molar-refractivity contribution in [1.82, 2.24) is 5.32 Å². The van der Waals surface area contributed by atoms with Gasteiger partial charge in [0, 0.05) is 0 Å². The van der Waals surface area contributed by atoms with E-state index in [2.05, 4.69) is 5.32 Å². The Bertz CT molecular complexity index is 1430. The zero-order valence-corrected chi connectivity index (χ0v) is 20.3. The quantitative estimate of drug-likeness (QED) is 0.219. The molecule has 0 atom stereocenters. The van der Waals surface area contributed by atoms with Crippen molar-refractivity contribution in [2.24, 2.45) is 0 Å². The number of nitro groups is 1. The molecule has 0 aromatic heterocycles. The number of hydrogen-bond donors (Lipinski definition) is 1. The lowest BCUT2D eigenvalue weighted by Crippen LogP contribution is -2.54. The first-order valence-electron chi connectivity index (χ1n) is 11.2. The van der Waals surface area contributed by atoms with Gasteiger partial charge in [-0.1, -0.05) is 36.4 Å². The van der Waals surface area contributed by atoms with Crippen LogP contribution in [0.4, 0.5) is 16.2 Å². The fraction of sp³-hybridized carbons (Fsp3) is 0.148. The van der Waals surface area contributed by atoms with E-state index < -0.39 is 34.0 Å². The van der Waals surface area contributed by atoms with Crippen molar-refractivity contribution in [2.45, 2.75) is 20.5 Å². The molecule has 3 aromatic carbocycles. The lowest BCUT2D eigenvalue weighted by molar-refractivity contribution is -0.385. The Morgan fingerprint density at radius 2 is 1.65 bits per heavy atom. The lowest BCUT2D eigenvalue weighted by atomic mass is 10.0. The molecule has 1 heterocycles. The van der Waals surface area contributed by atoms with Crippen molar-refractivity contribution >= 4 is 35.3 Å². The van der Waals surface area contributed by atoms with Crippen LogP contribution in [0.1, 0.15) is 22.3 Å². The number of methoxy groups -OCH3 is 1. The fourth-order valence-corrected chi connectivity index (χ4v) is 3.97. The number of ether oxygens (including phenoxy) is 2. The molecule has 0 bridgehead atoms. The van der Waals surface area contributed by atoms with Crippen LogP contribution in [0.25, 0.3) is 6.08 Å². The molecule has 4 rings (SSSR count). The average Bonchev–Trinajstić information content (AvgIpc) is 2.85. The summed E-state index contributed by atoms with van der Waals surface area (Å²) in [6, 6.07) is 15.9. The Labute approximate surface area is 212 Å². The van der Waals surface area contributed by atoms with E-state index in [9.17, 15) is 24.5 Å². The highest BCUT2D eigenvalue weighted by Crippen LogP contribution is 2.37. The smallest absolute Gasteiger partial charge is 0.335 e. The molecule has 1 fully saturated rings. The minimum absolute atomic E-state index is 0.0675. The highest BCUT2D eigenvalue weighted by molar-refractivity contribution is 6.39. The molecule has 1 aliphatic rings. The summed E-state index contributed by atoms with van der Waals surface area (Å²) in [5.74, 6) is -1.59. The van der Waals surface area contributed by atoms with E-state index in [0.29, 0.717) is 0 Å². The third-order valence-corrected chi connectivity index (χ3v) is 5.61. The summed E-state index contributed by atoms with van der Waals surface area (Å²) in [4.78, 5) is 50.5. The molecular formula is C27H23N3O7. The van der Waals surface area contributed by atoms with E-state index in [-0.39, 0.29) is 29.4 Å². The number of nitrogens with zero attached hydrogens (tertiary/aromatic N) is 2. The molecule has 188 valence electrons. The van der Waals surface area contributed by atoms with Gasteiger partial charge in [-0.3, -0.25) is 25.0 Å². The van der Waals surface area contributed by atoms with Gasteiger partial charge in [-0.15, -0.1) is 0 Å². The van der Waals surface area contributed by atoms with E-state index in [1.165, 1.54) is 19.2 Å². The van der Waals surface area contributed by atoms with Gasteiger partial charge in [0.25, 0.3) is 17.5 Å². The molecule has 0 unspecified atom stereocenters. The van der Waals surface area contributed by atoms with E-state index in [4.69, 9.17) is 9.47 Å². The van der Waals surface area contributed by atoms with Crippen LogP contribution < -0.4 is 19.7 Å². The van der Waals surface area contributed by atoms with Crippen molar-refractivity contribution in [1.29, 1.82) is 0 Å². The largest absolute Gasteiger partial charge is 0.493 e. The summed E-state index contributed by atoms with van der Waals surface area (Å²) in [7, 11) is 1.37. The molecule has 1 N–H and O–H groups in total. The molecule has 37 heavy (non-hydrogen) atoms. The van der Waals surface area contributed by atoms with E-state index in [0.717, 1.165) is 27.7 Å². The van der Waals surface area contributed by atoms with Gasteiger partial charge in [0.15, 0.2) is 11.5 Å². The number of anilines is 1. The molecule has 1 saturated heterocycles. The lowest BCUT2D eigenvalue weighted by Gasteiger charge is -2.27. The molecule has 0 radical (unpaired) electrons. The Hall–Kier alpha value is -4.99. The number of amides is 4. The van der Waals surface area contributed by atoms with Crippen molar-refractivity contribution in [3.63, 3.8) is 0 Å². The Balaban J connectivity index is 1.74. The Morgan fingerprint density at radius 1 is 0.973 bits per heavy atom. The van der Waals surface area contributed by atoms with Crippen LogP contribution in [0.5, 0.6) is 11.5 Å². The van der Waals surface area contributed by atoms with Gasteiger partial charge in [-0.05, 0) is 54.8 Å². The van der Waals surface area contributed by atoms with Gasteiger partial charge in [0.2, 0.25) is 0 Å². The minimum Gasteiger partial charge on any atom is -0.493 e. The molecule has 0 spiro atoms. The zero-order chi connectivity index (χ0) is 26.7. The Kier molecular flexibility index (Phi) is 7.01. The van der Waals surface area contributed by atoms with Gasteiger partial charge >= 0.3 is 6.03 Å². The second-order valence-corrected chi connectivity index (χ2v) is 8.40. The van der Waals surface area contributed by atoms with Crippen molar-refractivity contribution in [2.75, 3.05) is 12.0 Å². The third-order valence-electron chi connectivity index (χ3n) is 5.61. The number of urea groups is 1. The van der Waals surface area contributed by atoms with Crippen LogP contribution in [-0.4, -0.2) is 29.9 Å². The highest BCUT2D eigenvalue weighted by Gasteiger charge is 2.37. The summed E-state index contributed by atoms with van der Waals surface area (Å²) in [5.41, 5.74) is 1.82. The number of aryl methyl sites for hydroxylation is 2. The predicted octanol–water partition coefficient (Wildman–Crippen LogP) is 4.47. The minimum atomic E-state index is -0.965.